The Hall–Kier alpha value is -3.35. The number of urea groups is 1. The highest BCUT2D eigenvalue weighted by molar-refractivity contribution is 6.15. The van der Waals surface area contributed by atoms with E-state index >= 15 is 0 Å². The second-order valence-electron chi connectivity index (χ2n) is 6.17. The normalized spacial score (nSPS) is 15.6. The number of carboxylic acid groups (broad SMARTS) is 1. The van der Waals surface area contributed by atoms with Gasteiger partial charge >= 0.3 is 12.0 Å². The minimum atomic E-state index is -1.24. The fraction of sp³-hybridized carbons (Fsp3) is 0.211. The van der Waals surface area contributed by atoms with Crippen LogP contribution in [0.25, 0.3) is 6.08 Å². The molecule has 7 nitrogen and oxygen atoms in total. The number of carbonyl (C=O) groups excluding carboxylic acids is 2. The molecule has 1 saturated heterocycles. The van der Waals surface area contributed by atoms with E-state index in [9.17, 15) is 14.4 Å². The van der Waals surface area contributed by atoms with E-state index in [0.29, 0.717) is 11.4 Å². The number of aliphatic carboxylic acids is 1. The lowest BCUT2D eigenvalue weighted by Gasteiger charge is -2.09. The molecule has 0 atom stereocenters. The van der Waals surface area contributed by atoms with Crippen molar-refractivity contribution in [1.82, 2.24) is 14.8 Å². The molecule has 1 aromatic carbocycles. The summed E-state index contributed by atoms with van der Waals surface area (Å²) >= 11 is 0. The quantitative estimate of drug-likeness (QED) is 0.636. The van der Waals surface area contributed by atoms with Crippen LogP contribution in [-0.2, 0) is 16.1 Å². The molecule has 0 aliphatic carbocycles. The lowest BCUT2D eigenvalue weighted by atomic mass is 10.2. The number of nitrogens with zero attached hydrogens (tertiary/aromatic N) is 2. The molecule has 0 unspecified atom stereocenters. The summed E-state index contributed by atoms with van der Waals surface area (Å²) < 4.78 is 2.12. The van der Waals surface area contributed by atoms with E-state index in [1.165, 1.54) is 0 Å². The van der Waals surface area contributed by atoms with Crippen LogP contribution >= 0.6 is 0 Å². The Bertz CT molecular complexity index is 912. The Morgan fingerprint density at radius 1 is 1.19 bits per heavy atom. The SMILES string of the molecule is Cc1cc(/C=C2/NC(=O)N(CC(=O)O)C2=O)c(C)n1Cc1ccccc1. The Morgan fingerprint density at radius 3 is 2.54 bits per heavy atom. The second kappa shape index (κ2) is 6.87. The van der Waals surface area contributed by atoms with Gasteiger partial charge in [-0.25, -0.2) is 9.69 Å². The molecule has 26 heavy (non-hydrogen) atoms. The number of hydrogen-bond acceptors (Lipinski definition) is 3. The summed E-state index contributed by atoms with van der Waals surface area (Å²) in [6.45, 7) is 3.96. The Labute approximate surface area is 150 Å². The molecule has 2 N–H and O–H groups in total. The minimum absolute atomic E-state index is 0.0798. The summed E-state index contributed by atoms with van der Waals surface area (Å²) in [5.74, 6) is -1.87. The molecule has 3 rings (SSSR count). The van der Waals surface area contributed by atoms with Gasteiger partial charge in [0.1, 0.15) is 12.2 Å². The number of amides is 3. The maximum atomic E-state index is 12.3. The van der Waals surface area contributed by atoms with Crippen LogP contribution in [0.2, 0.25) is 0 Å². The molecule has 1 fully saturated rings. The van der Waals surface area contributed by atoms with Crippen molar-refractivity contribution in [2.24, 2.45) is 0 Å². The van der Waals surface area contributed by atoms with Crippen LogP contribution in [0.3, 0.4) is 0 Å². The zero-order chi connectivity index (χ0) is 18.8. The van der Waals surface area contributed by atoms with Crippen molar-refractivity contribution in [3.05, 3.63) is 64.6 Å². The highest BCUT2D eigenvalue weighted by Crippen LogP contribution is 2.21. The fourth-order valence-electron chi connectivity index (χ4n) is 2.99. The van der Waals surface area contributed by atoms with E-state index in [0.717, 1.165) is 22.5 Å². The third-order valence-corrected chi connectivity index (χ3v) is 4.35. The molecule has 3 amide bonds. The number of benzene rings is 1. The molecule has 2 heterocycles. The average molecular weight is 353 g/mol. The van der Waals surface area contributed by atoms with Gasteiger partial charge in [0.15, 0.2) is 0 Å². The third-order valence-electron chi connectivity index (χ3n) is 4.35. The van der Waals surface area contributed by atoms with Crippen LogP contribution in [0.5, 0.6) is 0 Å². The molecule has 1 aromatic heterocycles. The summed E-state index contributed by atoms with van der Waals surface area (Å²) in [6, 6.07) is 11.2. The highest BCUT2D eigenvalue weighted by atomic mass is 16.4. The van der Waals surface area contributed by atoms with Crippen molar-refractivity contribution in [3.8, 4) is 0 Å². The van der Waals surface area contributed by atoms with E-state index in [1.54, 1.807) is 6.08 Å². The molecule has 0 radical (unpaired) electrons. The van der Waals surface area contributed by atoms with Gasteiger partial charge in [-0.05, 0) is 37.1 Å². The second-order valence-corrected chi connectivity index (χ2v) is 6.17. The lowest BCUT2D eigenvalue weighted by Crippen LogP contribution is -2.35. The number of hydrogen-bond donors (Lipinski definition) is 2. The van der Waals surface area contributed by atoms with Gasteiger partial charge in [-0.1, -0.05) is 30.3 Å². The zero-order valence-corrected chi connectivity index (χ0v) is 14.5. The standard InChI is InChI=1S/C19H19N3O4/c1-12-8-15(13(2)21(12)10-14-6-4-3-5-7-14)9-16-18(25)22(11-17(23)24)19(26)20-16/h3-9H,10-11H2,1-2H3,(H,20,26)(H,23,24)/b16-9+. The van der Waals surface area contributed by atoms with Crippen molar-refractivity contribution in [2.75, 3.05) is 6.54 Å². The van der Waals surface area contributed by atoms with Crippen LogP contribution in [0, 0.1) is 13.8 Å². The van der Waals surface area contributed by atoms with Crippen LogP contribution in [0.1, 0.15) is 22.5 Å². The van der Waals surface area contributed by atoms with Gasteiger partial charge in [-0.2, -0.15) is 0 Å². The molecule has 7 heteroatoms. The molecular formula is C19H19N3O4. The maximum Gasteiger partial charge on any atom is 0.329 e. The summed E-state index contributed by atoms with van der Waals surface area (Å²) in [5.41, 5.74) is 4.02. The molecule has 0 bridgehead atoms. The predicted octanol–water partition coefficient (Wildman–Crippen LogP) is 2.13. The van der Waals surface area contributed by atoms with E-state index in [-0.39, 0.29) is 5.70 Å². The number of aryl methyl sites for hydroxylation is 1. The van der Waals surface area contributed by atoms with Crippen LogP contribution in [-0.4, -0.2) is 39.0 Å². The smallest absolute Gasteiger partial charge is 0.329 e. The van der Waals surface area contributed by atoms with Crippen molar-refractivity contribution in [3.63, 3.8) is 0 Å². The first-order valence-corrected chi connectivity index (χ1v) is 8.14. The molecular weight excluding hydrogens is 334 g/mol. The molecule has 1 aliphatic rings. The number of aromatic nitrogens is 1. The van der Waals surface area contributed by atoms with E-state index in [2.05, 4.69) is 9.88 Å². The highest BCUT2D eigenvalue weighted by Gasteiger charge is 2.35. The number of nitrogens with one attached hydrogen (secondary N) is 1. The van der Waals surface area contributed by atoms with Gasteiger partial charge in [0.05, 0.1) is 0 Å². The molecule has 1 aliphatic heterocycles. The summed E-state index contributed by atoms with van der Waals surface area (Å²) in [6.07, 6.45) is 1.59. The first kappa shape index (κ1) is 17.5. The van der Waals surface area contributed by atoms with Gasteiger partial charge in [0.2, 0.25) is 0 Å². The van der Waals surface area contributed by atoms with Crippen LogP contribution < -0.4 is 5.32 Å². The number of imide groups is 1. The molecule has 0 spiro atoms. The Balaban J connectivity index is 1.88. The monoisotopic (exact) mass is 353 g/mol. The summed E-state index contributed by atoms with van der Waals surface area (Å²) in [7, 11) is 0. The van der Waals surface area contributed by atoms with Gasteiger partial charge in [0, 0.05) is 17.9 Å². The lowest BCUT2D eigenvalue weighted by molar-refractivity contribution is -0.140. The number of rotatable bonds is 5. The zero-order valence-electron chi connectivity index (χ0n) is 14.5. The van der Waals surface area contributed by atoms with Crippen molar-refractivity contribution in [1.29, 1.82) is 0 Å². The first-order chi connectivity index (χ1) is 12.4. The minimum Gasteiger partial charge on any atom is -0.480 e. The van der Waals surface area contributed by atoms with Crippen molar-refractivity contribution < 1.29 is 19.5 Å². The third kappa shape index (κ3) is 3.37. The van der Waals surface area contributed by atoms with E-state index < -0.39 is 24.5 Å². The van der Waals surface area contributed by atoms with E-state index in [4.69, 9.17) is 5.11 Å². The van der Waals surface area contributed by atoms with E-state index in [1.807, 2.05) is 50.2 Å². The fourth-order valence-corrected chi connectivity index (χ4v) is 2.99. The van der Waals surface area contributed by atoms with Gasteiger partial charge in [-0.15, -0.1) is 0 Å². The summed E-state index contributed by atoms with van der Waals surface area (Å²) in [5, 5.41) is 11.3. The van der Waals surface area contributed by atoms with Crippen LogP contribution in [0.15, 0.2) is 42.1 Å². The molecule has 2 aromatic rings. The molecule has 134 valence electrons. The van der Waals surface area contributed by atoms with Crippen molar-refractivity contribution in [2.45, 2.75) is 20.4 Å². The topological polar surface area (TPSA) is 91.6 Å². The maximum absolute atomic E-state index is 12.3. The summed E-state index contributed by atoms with van der Waals surface area (Å²) in [4.78, 5) is 35.5. The van der Waals surface area contributed by atoms with Gasteiger partial charge in [0.25, 0.3) is 5.91 Å². The van der Waals surface area contributed by atoms with Gasteiger partial charge in [-0.3, -0.25) is 9.59 Å². The average Bonchev–Trinajstić information content (AvgIpc) is 3.00. The Morgan fingerprint density at radius 2 is 1.88 bits per heavy atom. The largest absolute Gasteiger partial charge is 0.480 e. The molecule has 0 saturated carbocycles. The first-order valence-electron chi connectivity index (χ1n) is 8.14. The number of carboxylic acids is 1. The predicted molar refractivity (Wildman–Crippen MR) is 95.3 cm³/mol. The van der Waals surface area contributed by atoms with Crippen LogP contribution in [0.4, 0.5) is 4.79 Å². The number of carbonyl (C=O) groups is 3. The van der Waals surface area contributed by atoms with Crippen molar-refractivity contribution >= 4 is 24.0 Å². The Kier molecular flexibility index (Phi) is 4.62. The van der Waals surface area contributed by atoms with Gasteiger partial charge < -0.3 is 15.0 Å².